The second-order valence-electron chi connectivity index (χ2n) is 11.4. The molecule has 2 unspecified atom stereocenters. The maximum Gasteiger partial charge on any atom is 0.292 e. The van der Waals surface area contributed by atoms with Crippen LogP contribution in [0, 0.1) is 11.3 Å². The number of nitrogens with one attached hydrogen (secondary N) is 2. The highest BCUT2D eigenvalue weighted by Gasteiger charge is 2.50. The average Bonchev–Trinajstić information content (AvgIpc) is 3.28. The molecule has 0 aliphatic heterocycles. The molecule has 196 valence electrons. The molecular formula is C29H31N5O3S. The summed E-state index contributed by atoms with van der Waals surface area (Å²) < 4.78 is 5.14. The van der Waals surface area contributed by atoms with Crippen LogP contribution in [0.2, 0.25) is 0 Å². The van der Waals surface area contributed by atoms with Crippen LogP contribution in [0.25, 0.3) is 10.2 Å². The molecule has 0 bridgehead atoms. The van der Waals surface area contributed by atoms with Crippen LogP contribution in [0.5, 0.6) is 0 Å². The van der Waals surface area contributed by atoms with Gasteiger partial charge in [0.25, 0.3) is 11.8 Å². The third-order valence-corrected chi connectivity index (χ3v) is 8.84. The number of nitrogens with two attached hydrogens (primary N) is 1. The number of anilines is 1. The number of rotatable bonds is 5. The van der Waals surface area contributed by atoms with E-state index in [1.807, 2.05) is 18.2 Å². The van der Waals surface area contributed by atoms with Crippen LogP contribution in [0.1, 0.15) is 70.3 Å². The molecule has 2 aliphatic rings. The normalized spacial score (nSPS) is 22.6. The van der Waals surface area contributed by atoms with E-state index >= 15 is 0 Å². The van der Waals surface area contributed by atoms with Crippen molar-refractivity contribution in [1.82, 2.24) is 15.3 Å². The highest BCUT2D eigenvalue weighted by atomic mass is 32.1. The lowest BCUT2D eigenvalue weighted by atomic mass is 9.71. The molecule has 2 aliphatic carbocycles. The second-order valence-corrected chi connectivity index (χ2v) is 12.4. The van der Waals surface area contributed by atoms with Crippen LogP contribution in [-0.4, -0.2) is 33.9 Å². The van der Waals surface area contributed by atoms with Gasteiger partial charge < -0.3 is 20.8 Å². The molecule has 0 aromatic carbocycles. The molecule has 1 fully saturated rings. The topological polar surface area (TPSA) is 123 Å². The number of hydrogen-bond acceptors (Lipinski definition) is 7. The predicted molar refractivity (Wildman–Crippen MR) is 147 cm³/mol. The summed E-state index contributed by atoms with van der Waals surface area (Å²) in [5.41, 5.74) is 9.80. The minimum atomic E-state index is -0.376. The number of aromatic nitrogens is 2. The fourth-order valence-corrected chi connectivity index (χ4v) is 6.33. The lowest BCUT2D eigenvalue weighted by Gasteiger charge is -2.34. The largest absolute Gasteiger partial charge is 0.459 e. The van der Waals surface area contributed by atoms with Gasteiger partial charge in [-0.3, -0.25) is 9.59 Å². The number of fused-ring (bicyclic) bond motifs is 2. The van der Waals surface area contributed by atoms with Gasteiger partial charge >= 0.3 is 0 Å². The van der Waals surface area contributed by atoms with Gasteiger partial charge in [0.1, 0.15) is 10.6 Å². The highest BCUT2D eigenvalue weighted by Crippen LogP contribution is 2.41. The van der Waals surface area contributed by atoms with Crippen molar-refractivity contribution >= 4 is 39.2 Å². The van der Waals surface area contributed by atoms with Gasteiger partial charge in [-0.05, 0) is 72.6 Å². The number of furan rings is 1. The molecule has 38 heavy (non-hydrogen) atoms. The Kier molecular flexibility index (Phi) is 6.07. The van der Waals surface area contributed by atoms with Crippen molar-refractivity contribution in [3.63, 3.8) is 0 Å². The lowest BCUT2D eigenvalue weighted by Crippen LogP contribution is -2.29. The predicted octanol–water partition coefficient (Wildman–Crippen LogP) is 4.91. The summed E-state index contributed by atoms with van der Waals surface area (Å²) in [5, 5.41) is 6.84. The molecule has 2 amide bonds. The third kappa shape index (κ3) is 4.72. The number of thiophene rings is 1. The summed E-state index contributed by atoms with van der Waals surface area (Å²) in [7, 11) is 0. The van der Waals surface area contributed by atoms with Crippen LogP contribution in [0.4, 0.5) is 5.82 Å². The summed E-state index contributed by atoms with van der Waals surface area (Å²) >= 11 is 1.42. The Bertz CT molecular complexity index is 1520. The van der Waals surface area contributed by atoms with E-state index in [4.69, 9.17) is 15.1 Å². The van der Waals surface area contributed by atoms with E-state index in [1.54, 1.807) is 18.2 Å². The van der Waals surface area contributed by atoms with Crippen LogP contribution in [0.3, 0.4) is 0 Å². The SMILES string of the molecule is CC(C)(C)[C@@H]1CCc2nc3sc(C(=O)NC4C(N)[C@@H]4c4cccc(NC(=O)c5ccco5)n4)cc3cc2C1. The van der Waals surface area contributed by atoms with Crippen molar-refractivity contribution in [1.29, 1.82) is 0 Å². The zero-order valence-electron chi connectivity index (χ0n) is 21.7. The Hall–Kier alpha value is -3.56. The number of carbonyl (C=O) groups is 2. The fourth-order valence-electron chi connectivity index (χ4n) is 5.39. The van der Waals surface area contributed by atoms with Crippen LogP contribution < -0.4 is 16.4 Å². The van der Waals surface area contributed by atoms with Gasteiger partial charge in [-0.2, -0.15) is 0 Å². The van der Waals surface area contributed by atoms with Gasteiger partial charge in [0.05, 0.1) is 17.2 Å². The Morgan fingerprint density at radius 1 is 1.11 bits per heavy atom. The summed E-state index contributed by atoms with van der Waals surface area (Å²) in [6.45, 7) is 6.92. The molecule has 1 saturated carbocycles. The summed E-state index contributed by atoms with van der Waals surface area (Å²) in [6.07, 6.45) is 4.61. The van der Waals surface area contributed by atoms with E-state index in [2.05, 4.69) is 42.5 Å². The summed E-state index contributed by atoms with van der Waals surface area (Å²) in [5.74, 6) is 0.588. The van der Waals surface area contributed by atoms with E-state index < -0.39 is 0 Å². The standard InChI is InChI=1S/C29H31N5O3S/c1-29(2,3)17-9-10-18-15(13-17)12-16-14-21(38-28(16)32-18)27(36)34-25-23(24(25)30)19-6-4-8-22(31-19)33-26(35)20-7-5-11-37-20/h4-8,11-12,14,17,23-25H,9-10,13,30H2,1-3H3,(H,34,36)(H,31,33,35)/t17-,23+,24?,25?/m1/s1. The second kappa shape index (κ2) is 9.32. The smallest absolute Gasteiger partial charge is 0.292 e. The van der Waals surface area contributed by atoms with Crippen LogP contribution in [-0.2, 0) is 12.8 Å². The number of nitrogens with zero attached hydrogens (tertiary/aromatic N) is 2. The van der Waals surface area contributed by atoms with Gasteiger partial charge in [-0.1, -0.05) is 26.8 Å². The first-order chi connectivity index (χ1) is 18.2. The van der Waals surface area contributed by atoms with Crippen LogP contribution >= 0.6 is 11.3 Å². The summed E-state index contributed by atoms with van der Waals surface area (Å²) in [6, 6.07) is 12.3. The molecule has 0 saturated heterocycles. The quantitative estimate of drug-likeness (QED) is 0.338. The van der Waals surface area contributed by atoms with Crippen LogP contribution in [0.15, 0.2) is 53.1 Å². The summed E-state index contributed by atoms with van der Waals surface area (Å²) in [4.78, 5) is 36.5. The Morgan fingerprint density at radius 2 is 1.95 bits per heavy atom. The first-order valence-electron chi connectivity index (χ1n) is 13.0. The monoisotopic (exact) mass is 529 g/mol. The number of hydrogen-bond donors (Lipinski definition) is 3. The van der Waals surface area contributed by atoms with E-state index in [1.165, 1.54) is 28.9 Å². The Labute approximate surface area is 225 Å². The minimum Gasteiger partial charge on any atom is -0.459 e. The maximum absolute atomic E-state index is 13.2. The lowest BCUT2D eigenvalue weighted by molar-refractivity contribution is 0.0952. The minimum absolute atomic E-state index is 0.131. The van der Waals surface area contributed by atoms with Crippen molar-refractivity contribution in [3.05, 3.63) is 76.3 Å². The van der Waals surface area contributed by atoms with E-state index in [0.29, 0.717) is 16.6 Å². The van der Waals surface area contributed by atoms with Crippen molar-refractivity contribution in [2.75, 3.05) is 5.32 Å². The molecule has 4 heterocycles. The molecule has 6 rings (SSSR count). The van der Waals surface area contributed by atoms with Gasteiger partial charge in [0, 0.05) is 28.7 Å². The molecule has 4 atom stereocenters. The van der Waals surface area contributed by atoms with Crippen molar-refractivity contribution in [3.8, 4) is 0 Å². The van der Waals surface area contributed by atoms with Gasteiger partial charge in [0.2, 0.25) is 0 Å². The van der Waals surface area contributed by atoms with E-state index in [0.717, 1.165) is 35.2 Å². The Balaban J connectivity index is 1.14. The molecule has 9 heteroatoms. The highest BCUT2D eigenvalue weighted by molar-refractivity contribution is 7.20. The maximum atomic E-state index is 13.2. The van der Waals surface area contributed by atoms with Crippen molar-refractivity contribution < 1.29 is 14.0 Å². The van der Waals surface area contributed by atoms with E-state index in [9.17, 15) is 9.59 Å². The molecule has 0 spiro atoms. The molecule has 0 radical (unpaired) electrons. The molecular weight excluding hydrogens is 498 g/mol. The zero-order valence-corrected chi connectivity index (χ0v) is 22.5. The Morgan fingerprint density at radius 3 is 2.71 bits per heavy atom. The molecule has 4 N–H and O–H groups in total. The molecule has 4 aromatic heterocycles. The fraction of sp³-hybridized carbons (Fsp3) is 0.379. The number of carbonyl (C=O) groups excluding carboxylic acids is 2. The van der Waals surface area contributed by atoms with E-state index in [-0.39, 0.29) is 41.0 Å². The number of pyridine rings is 2. The van der Waals surface area contributed by atoms with Gasteiger partial charge in [0.15, 0.2) is 5.76 Å². The van der Waals surface area contributed by atoms with Crippen molar-refractivity contribution in [2.45, 2.75) is 58.0 Å². The number of amides is 2. The molecule has 4 aromatic rings. The number of aryl methyl sites for hydroxylation is 1. The average molecular weight is 530 g/mol. The molecule has 8 nitrogen and oxygen atoms in total. The van der Waals surface area contributed by atoms with Crippen molar-refractivity contribution in [2.24, 2.45) is 17.1 Å². The zero-order chi connectivity index (χ0) is 26.6. The first-order valence-corrected chi connectivity index (χ1v) is 13.8. The third-order valence-electron chi connectivity index (χ3n) is 7.79. The first kappa shape index (κ1) is 24.8. The van der Waals surface area contributed by atoms with Gasteiger partial charge in [-0.15, -0.1) is 11.3 Å². The van der Waals surface area contributed by atoms with Gasteiger partial charge in [-0.25, -0.2) is 9.97 Å².